The smallest absolute Gasteiger partial charge is 0.159 e. The number of ketones is 1. The van der Waals surface area contributed by atoms with Crippen molar-refractivity contribution >= 4 is 27.3 Å². The number of aryl methyl sites for hydroxylation is 6. The predicted octanol–water partition coefficient (Wildman–Crippen LogP) is 13.9. The highest BCUT2D eigenvalue weighted by atomic mass is 16.3. The van der Waals surface area contributed by atoms with Crippen LogP contribution >= 0.6 is 0 Å². The summed E-state index contributed by atoms with van der Waals surface area (Å²) in [6.45, 7) is 8.53. The second-order valence-corrected chi connectivity index (χ2v) is 16.9. The molecule has 2 heterocycles. The highest BCUT2D eigenvalue weighted by Gasteiger charge is 2.12. The first-order valence-corrected chi connectivity index (χ1v) is 21.6. The lowest BCUT2D eigenvalue weighted by Crippen LogP contribution is -1.98. The number of benzene rings is 6. The molecule has 0 amide bonds. The second kappa shape index (κ2) is 18.7. The monoisotopic (exact) mass is 798 g/mol. The van der Waals surface area contributed by atoms with Gasteiger partial charge in [0.1, 0.15) is 0 Å². The highest BCUT2D eigenvalue weighted by molar-refractivity contribution is 5.97. The summed E-state index contributed by atoms with van der Waals surface area (Å²) >= 11 is 0. The maximum Gasteiger partial charge on any atom is 0.159 e. The van der Waals surface area contributed by atoms with Crippen molar-refractivity contribution in [3.63, 3.8) is 0 Å². The predicted molar refractivity (Wildman–Crippen MR) is 253 cm³/mol. The van der Waals surface area contributed by atoms with Crippen LogP contribution in [0.15, 0.2) is 158 Å². The Bertz CT molecular complexity index is 2830. The number of rotatable bonds is 15. The Morgan fingerprint density at radius 1 is 0.492 bits per heavy atom. The fourth-order valence-electron chi connectivity index (χ4n) is 8.89. The molecule has 304 valence electrons. The second-order valence-electron chi connectivity index (χ2n) is 16.9. The molecular weight excluding hydrogens is 745 g/mol. The molecule has 8 rings (SSSR count). The van der Waals surface area contributed by atoms with Gasteiger partial charge < -0.3 is 5.11 Å². The van der Waals surface area contributed by atoms with E-state index >= 15 is 0 Å². The molecule has 0 radical (unpaired) electrons. The van der Waals surface area contributed by atoms with Crippen LogP contribution in [-0.4, -0.2) is 20.9 Å². The van der Waals surface area contributed by atoms with E-state index < -0.39 is 0 Å². The average molecular weight is 799 g/mol. The zero-order valence-electron chi connectivity index (χ0n) is 35.8. The molecule has 1 N–H and O–H groups in total. The summed E-state index contributed by atoms with van der Waals surface area (Å²) in [6, 6.07) is 48.1. The molecule has 2 aromatic heterocycles. The van der Waals surface area contributed by atoms with Crippen LogP contribution in [-0.2, 0) is 30.5 Å². The lowest BCUT2D eigenvalue weighted by atomic mass is 9.95. The van der Waals surface area contributed by atoms with E-state index in [0.717, 1.165) is 61.0 Å². The van der Waals surface area contributed by atoms with E-state index in [2.05, 4.69) is 161 Å². The van der Waals surface area contributed by atoms with E-state index in [1.807, 2.05) is 12.4 Å². The van der Waals surface area contributed by atoms with Gasteiger partial charge in [-0.25, -0.2) is 0 Å². The standard InChI is InChI=1S/C57H54N2O2/c1-38-29-39(2)32-48(31-38)56-54-15-7-11-46(52(54)25-27-58-56)35-44-21-17-42(18-22-44)9-5-13-50(60)37-51(61)14-6-10-43-19-23-45(24-20-43)36-47-12-8-16-55-53(47)26-28-59-57(55)49-33-40(3)30-41(4)34-49/h7-8,11-12,15-34,37,60H,5-6,9-10,13-14,35-36H2,1-4H3. The molecule has 0 aliphatic rings. The van der Waals surface area contributed by atoms with E-state index in [4.69, 9.17) is 9.97 Å². The minimum absolute atomic E-state index is 0.0190. The summed E-state index contributed by atoms with van der Waals surface area (Å²) in [7, 11) is 0. The molecule has 6 aromatic carbocycles. The van der Waals surface area contributed by atoms with Crippen molar-refractivity contribution in [2.45, 2.75) is 79.1 Å². The Balaban J connectivity index is 0.793. The minimum atomic E-state index is -0.0190. The molecule has 61 heavy (non-hydrogen) atoms. The van der Waals surface area contributed by atoms with Crippen LogP contribution in [0.25, 0.3) is 44.1 Å². The lowest BCUT2D eigenvalue weighted by Gasteiger charge is -2.12. The Morgan fingerprint density at radius 2 is 0.902 bits per heavy atom. The third kappa shape index (κ3) is 10.2. The van der Waals surface area contributed by atoms with Crippen molar-refractivity contribution in [1.82, 2.24) is 9.97 Å². The first-order chi connectivity index (χ1) is 29.6. The van der Waals surface area contributed by atoms with Crippen molar-refractivity contribution < 1.29 is 9.90 Å². The van der Waals surface area contributed by atoms with Crippen molar-refractivity contribution in [1.29, 1.82) is 0 Å². The van der Waals surface area contributed by atoms with Gasteiger partial charge in [0, 0.05) is 53.2 Å². The molecule has 4 nitrogen and oxygen atoms in total. The molecular formula is C57H54N2O2. The summed E-state index contributed by atoms with van der Waals surface area (Å²) in [4.78, 5) is 22.3. The van der Waals surface area contributed by atoms with Gasteiger partial charge in [-0.15, -0.1) is 0 Å². The maximum absolute atomic E-state index is 12.7. The number of nitrogens with zero attached hydrogens (tertiary/aromatic N) is 2. The average Bonchev–Trinajstić information content (AvgIpc) is 3.24. The fraction of sp³-hybridized carbons (Fsp3) is 0.211. The van der Waals surface area contributed by atoms with Gasteiger partial charge in [-0.05, 0) is 147 Å². The Kier molecular flexibility index (Phi) is 12.6. The first-order valence-electron chi connectivity index (χ1n) is 21.6. The molecule has 0 bridgehead atoms. The molecule has 0 fully saturated rings. The summed E-state index contributed by atoms with van der Waals surface area (Å²) in [6.07, 6.45) is 11.0. The summed E-state index contributed by atoms with van der Waals surface area (Å²) in [5.74, 6) is 0.149. The van der Waals surface area contributed by atoms with Gasteiger partial charge in [-0.2, -0.15) is 0 Å². The highest BCUT2D eigenvalue weighted by Crippen LogP contribution is 2.32. The zero-order valence-corrected chi connectivity index (χ0v) is 35.8. The van der Waals surface area contributed by atoms with Gasteiger partial charge in [-0.1, -0.05) is 119 Å². The lowest BCUT2D eigenvalue weighted by molar-refractivity contribution is -0.114. The summed E-state index contributed by atoms with van der Waals surface area (Å²) in [5, 5.41) is 15.4. The van der Waals surface area contributed by atoms with Gasteiger partial charge in [0.2, 0.25) is 0 Å². The number of aliphatic hydroxyl groups excluding tert-OH is 1. The molecule has 0 aliphatic carbocycles. The molecule has 8 aromatic rings. The maximum atomic E-state index is 12.7. The number of hydrogen-bond donors (Lipinski definition) is 1. The quantitative estimate of drug-likeness (QED) is 0.0829. The molecule has 0 saturated heterocycles. The van der Waals surface area contributed by atoms with Crippen LogP contribution in [0.1, 0.15) is 81.3 Å². The third-order valence-corrected chi connectivity index (χ3v) is 11.7. The van der Waals surface area contributed by atoms with Gasteiger partial charge >= 0.3 is 0 Å². The van der Waals surface area contributed by atoms with Gasteiger partial charge in [-0.3, -0.25) is 14.8 Å². The largest absolute Gasteiger partial charge is 0.512 e. The first kappa shape index (κ1) is 41.1. The molecule has 0 unspecified atom stereocenters. The zero-order chi connectivity index (χ0) is 42.3. The number of carbonyl (C=O) groups is 1. The summed E-state index contributed by atoms with van der Waals surface area (Å²) in [5.41, 5.74) is 16.8. The van der Waals surface area contributed by atoms with Gasteiger partial charge in [0.15, 0.2) is 5.78 Å². The third-order valence-electron chi connectivity index (χ3n) is 11.7. The molecule has 0 saturated carbocycles. The minimum Gasteiger partial charge on any atom is -0.512 e. The van der Waals surface area contributed by atoms with Gasteiger partial charge in [0.05, 0.1) is 17.1 Å². The SMILES string of the molecule is Cc1cc(C)cc(-c2nccc3c(Cc4ccc(CCCC(=O)C=C(O)CCCc5ccc(Cc6cccc7c(-c8cc(C)cc(C)c8)nccc67)cc5)cc4)cccc23)c1. The molecule has 0 aliphatic heterocycles. The Morgan fingerprint density at radius 3 is 1.34 bits per heavy atom. The molecule has 0 atom stereocenters. The van der Waals surface area contributed by atoms with Crippen LogP contribution in [0.2, 0.25) is 0 Å². The summed E-state index contributed by atoms with van der Waals surface area (Å²) < 4.78 is 0. The van der Waals surface area contributed by atoms with Crippen molar-refractivity contribution in [3.05, 3.63) is 213 Å². The number of carbonyl (C=O) groups excluding carboxylic acids is 1. The van der Waals surface area contributed by atoms with Crippen LogP contribution in [0, 0.1) is 27.7 Å². The van der Waals surface area contributed by atoms with Crippen LogP contribution in [0.4, 0.5) is 0 Å². The Hall–Kier alpha value is -6.65. The number of aliphatic hydroxyl groups is 1. The Labute approximate surface area is 360 Å². The van der Waals surface area contributed by atoms with Crippen LogP contribution in [0.3, 0.4) is 0 Å². The van der Waals surface area contributed by atoms with Crippen molar-refractivity contribution in [2.75, 3.05) is 0 Å². The van der Waals surface area contributed by atoms with Crippen LogP contribution < -0.4 is 0 Å². The van der Waals surface area contributed by atoms with Crippen LogP contribution in [0.5, 0.6) is 0 Å². The number of aromatic nitrogens is 2. The van der Waals surface area contributed by atoms with Crippen molar-refractivity contribution in [3.8, 4) is 22.5 Å². The number of hydrogen-bond acceptors (Lipinski definition) is 4. The van der Waals surface area contributed by atoms with E-state index in [1.165, 1.54) is 83.3 Å². The van der Waals surface area contributed by atoms with E-state index in [1.54, 1.807) is 0 Å². The number of allylic oxidation sites excluding steroid dienone is 2. The van der Waals surface area contributed by atoms with Gasteiger partial charge in [0.25, 0.3) is 0 Å². The fourth-order valence-corrected chi connectivity index (χ4v) is 8.89. The van der Waals surface area contributed by atoms with E-state index in [-0.39, 0.29) is 11.5 Å². The van der Waals surface area contributed by atoms with Crippen molar-refractivity contribution in [2.24, 2.45) is 0 Å². The van der Waals surface area contributed by atoms with E-state index in [0.29, 0.717) is 12.8 Å². The topological polar surface area (TPSA) is 63.1 Å². The number of fused-ring (bicyclic) bond motifs is 2. The molecule has 4 heteroatoms. The molecule has 0 spiro atoms. The van der Waals surface area contributed by atoms with E-state index in [9.17, 15) is 9.90 Å². The number of pyridine rings is 2. The normalized spacial score (nSPS) is 11.7.